The zero-order chi connectivity index (χ0) is 21.8. The van der Waals surface area contributed by atoms with Crippen molar-refractivity contribution in [2.75, 3.05) is 47.4 Å². The molecule has 6 heteroatoms. The summed E-state index contributed by atoms with van der Waals surface area (Å²) >= 11 is 0. The Bertz CT molecular complexity index is 1000. The molecule has 1 aromatic rings. The number of benzene rings is 1. The van der Waals surface area contributed by atoms with Gasteiger partial charge in [-0.1, -0.05) is 18.2 Å². The molecule has 0 atom stereocenters. The van der Waals surface area contributed by atoms with Gasteiger partial charge in [0, 0.05) is 37.6 Å². The quantitative estimate of drug-likeness (QED) is 0.748. The van der Waals surface area contributed by atoms with Crippen LogP contribution in [0.3, 0.4) is 0 Å². The number of allylic oxidation sites excluding steroid dienone is 6. The molecule has 6 nitrogen and oxygen atoms in total. The zero-order valence-corrected chi connectivity index (χ0v) is 18.4. The van der Waals surface area contributed by atoms with Crippen molar-refractivity contribution in [2.24, 2.45) is 0 Å². The minimum absolute atomic E-state index is 0.0748. The number of fused-ring (bicyclic) bond motifs is 1. The number of rotatable bonds is 4. The molecule has 1 amide bonds. The first kappa shape index (κ1) is 21.0. The summed E-state index contributed by atoms with van der Waals surface area (Å²) in [6, 6.07) is 5.67. The summed E-state index contributed by atoms with van der Waals surface area (Å²) in [4.78, 5) is 19.7. The lowest BCUT2D eigenvalue weighted by Gasteiger charge is -2.30. The van der Waals surface area contributed by atoms with Gasteiger partial charge in [-0.2, -0.15) is 0 Å². The first-order chi connectivity index (χ1) is 15.1. The molecule has 31 heavy (non-hydrogen) atoms. The summed E-state index contributed by atoms with van der Waals surface area (Å²) in [7, 11) is 5.37. The number of hydrogen-bond acceptors (Lipinski definition) is 5. The standard InChI is InChI=1S/C25H29N3O3/c1-26-12-5-13-27(15-14-26)22-10-9-21-7-4-6-19(17-25(29)28(21)18-22)20-8-11-23(30-2)24(16-20)31-3/h4,6-11,16-18H,5,12-15H2,1-3H3/b6-4+,19-17+,21-7+. The van der Waals surface area contributed by atoms with Crippen LogP contribution >= 0.6 is 0 Å². The zero-order valence-electron chi connectivity index (χ0n) is 18.4. The van der Waals surface area contributed by atoms with Crippen LogP contribution in [-0.2, 0) is 4.79 Å². The Kier molecular flexibility index (Phi) is 6.28. The Morgan fingerprint density at radius 1 is 0.903 bits per heavy atom. The second kappa shape index (κ2) is 9.27. The molecule has 3 aliphatic heterocycles. The molecule has 0 N–H and O–H groups in total. The lowest BCUT2D eigenvalue weighted by atomic mass is 10.0. The molecule has 1 aromatic carbocycles. The molecule has 0 aliphatic carbocycles. The molecular formula is C25H29N3O3. The van der Waals surface area contributed by atoms with E-state index in [0.29, 0.717) is 11.5 Å². The highest BCUT2D eigenvalue weighted by Crippen LogP contribution is 2.32. The third kappa shape index (κ3) is 4.59. The van der Waals surface area contributed by atoms with Gasteiger partial charge < -0.3 is 19.3 Å². The number of carbonyl (C=O) groups is 1. The second-order valence-corrected chi connectivity index (χ2v) is 7.86. The molecule has 162 valence electrons. The van der Waals surface area contributed by atoms with Gasteiger partial charge in [-0.25, -0.2) is 0 Å². The monoisotopic (exact) mass is 419 g/mol. The van der Waals surface area contributed by atoms with Crippen LogP contribution in [0, 0.1) is 0 Å². The van der Waals surface area contributed by atoms with E-state index < -0.39 is 0 Å². The van der Waals surface area contributed by atoms with Crippen molar-refractivity contribution in [2.45, 2.75) is 6.42 Å². The van der Waals surface area contributed by atoms with Crippen LogP contribution in [0.2, 0.25) is 0 Å². The van der Waals surface area contributed by atoms with E-state index in [1.807, 2.05) is 48.7 Å². The molecule has 3 aliphatic rings. The van der Waals surface area contributed by atoms with Gasteiger partial charge in [-0.3, -0.25) is 9.69 Å². The van der Waals surface area contributed by atoms with Crippen LogP contribution in [0.4, 0.5) is 0 Å². The Hall–Kier alpha value is -3.25. The van der Waals surface area contributed by atoms with Crippen molar-refractivity contribution in [3.8, 4) is 11.5 Å². The maximum absolute atomic E-state index is 13.2. The Labute approximate surface area is 184 Å². The topological polar surface area (TPSA) is 45.2 Å². The average Bonchev–Trinajstić information content (AvgIpc) is 3.01. The minimum atomic E-state index is -0.0748. The van der Waals surface area contributed by atoms with Gasteiger partial charge in [0.2, 0.25) is 0 Å². The number of hydrogen-bond donors (Lipinski definition) is 0. The smallest absolute Gasteiger partial charge is 0.255 e. The van der Waals surface area contributed by atoms with Gasteiger partial charge in [0.05, 0.1) is 19.9 Å². The third-order valence-corrected chi connectivity index (χ3v) is 5.83. The van der Waals surface area contributed by atoms with E-state index in [-0.39, 0.29) is 5.91 Å². The van der Waals surface area contributed by atoms with Crippen LogP contribution in [-0.4, -0.2) is 68.1 Å². The predicted octanol–water partition coefficient (Wildman–Crippen LogP) is 3.42. The summed E-state index contributed by atoms with van der Waals surface area (Å²) in [6.45, 7) is 4.08. The van der Waals surface area contributed by atoms with Gasteiger partial charge in [0.1, 0.15) is 0 Å². The van der Waals surface area contributed by atoms with Crippen LogP contribution in [0.15, 0.2) is 72.2 Å². The molecule has 0 saturated carbocycles. The fourth-order valence-electron chi connectivity index (χ4n) is 4.02. The summed E-state index contributed by atoms with van der Waals surface area (Å²) in [5.41, 5.74) is 3.65. The number of methoxy groups -OCH3 is 2. The van der Waals surface area contributed by atoms with Crippen molar-refractivity contribution in [1.29, 1.82) is 0 Å². The van der Waals surface area contributed by atoms with E-state index in [2.05, 4.69) is 22.9 Å². The van der Waals surface area contributed by atoms with E-state index in [4.69, 9.17) is 9.47 Å². The first-order valence-electron chi connectivity index (χ1n) is 10.6. The highest BCUT2D eigenvalue weighted by Gasteiger charge is 2.22. The fourth-order valence-corrected chi connectivity index (χ4v) is 4.02. The van der Waals surface area contributed by atoms with E-state index >= 15 is 0 Å². The molecule has 0 radical (unpaired) electrons. The number of amides is 1. The lowest BCUT2D eigenvalue weighted by Crippen LogP contribution is -2.32. The summed E-state index contributed by atoms with van der Waals surface area (Å²) < 4.78 is 10.8. The normalized spacial score (nSPS) is 24.0. The number of carbonyl (C=O) groups excluding carboxylic acids is 1. The van der Waals surface area contributed by atoms with Crippen molar-refractivity contribution in [3.05, 3.63) is 77.8 Å². The predicted molar refractivity (Wildman–Crippen MR) is 123 cm³/mol. The SMILES string of the molecule is COc1ccc(C2=C\C(=O)N3C=C(N4CCCN(C)CC4)C=C\C3=C/C=C/2)cc1OC. The number of nitrogens with zero attached hydrogens (tertiary/aromatic N) is 3. The van der Waals surface area contributed by atoms with Gasteiger partial charge in [-0.15, -0.1) is 0 Å². The van der Waals surface area contributed by atoms with Gasteiger partial charge in [0.15, 0.2) is 11.5 Å². The van der Waals surface area contributed by atoms with Gasteiger partial charge in [-0.05, 0) is 61.5 Å². The summed E-state index contributed by atoms with van der Waals surface area (Å²) in [5.74, 6) is 1.22. The van der Waals surface area contributed by atoms with Crippen molar-refractivity contribution in [1.82, 2.24) is 14.7 Å². The van der Waals surface area contributed by atoms with Crippen LogP contribution in [0.5, 0.6) is 11.5 Å². The molecule has 4 rings (SSSR count). The van der Waals surface area contributed by atoms with Crippen molar-refractivity contribution in [3.63, 3.8) is 0 Å². The molecule has 3 heterocycles. The van der Waals surface area contributed by atoms with Crippen LogP contribution in [0.1, 0.15) is 12.0 Å². The van der Waals surface area contributed by atoms with E-state index in [9.17, 15) is 4.79 Å². The van der Waals surface area contributed by atoms with Gasteiger partial charge >= 0.3 is 0 Å². The Morgan fingerprint density at radius 3 is 2.52 bits per heavy atom. The summed E-state index contributed by atoms with van der Waals surface area (Å²) in [6.07, 6.45) is 14.8. The van der Waals surface area contributed by atoms with Crippen LogP contribution < -0.4 is 9.47 Å². The number of likely N-dealkylation sites (N-methyl/N-ethyl adjacent to an activating group) is 1. The van der Waals surface area contributed by atoms with E-state index in [1.165, 1.54) is 0 Å². The third-order valence-electron chi connectivity index (χ3n) is 5.83. The highest BCUT2D eigenvalue weighted by molar-refractivity contribution is 6.00. The fraction of sp³-hybridized carbons (Fsp3) is 0.320. The lowest BCUT2D eigenvalue weighted by molar-refractivity contribution is -0.122. The molecule has 0 aromatic heterocycles. The van der Waals surface area contributed by atoms with E-state index in [0.717, 1.165) is 55.1 Å². The van der Waals surface area contributed by atoms with Gasteiger partial charge in [0.25, 0.3) is 5.91 Å². The molecule has 1 fully saturated rings. The molecule has 0 bridgehead atoms. The average molecular weight is 420 g/mol. The Balaban J connectivity index is 1.63. The molecule has 1 saturated heterocycles. The maximum atomic E-state index is 13.2. The largest absolute Gasteiger partial charge is 0.493 e. The molecule has 0 unspecified atom stereocenters. The van der Waals surface area contributed by atoms with Crippen LogP contribution in [0.25, 0.3) is 5.57 Å². The first-order valence-corrected chi connectivity index (χ1v) is 10.6. The van der Waals surface area contributed by atoms with Crippen molar-refractivity contribution >= 4 is 11.5 Å². The Morgan fingerprint density at radius 2 is 1.71 bits per heavy atom. The minimum Gasteiger partial charge on any atom is -0.493 e. The molecular weight excluding hydrogens is 390 g/mol. The van der Waals surface area contributed by atoms with E-state index in [1.54, 1.807) is 25.2 Å². The van der Waals surface area contributed by atoms with Crippen molar-refractivity contribution < 1.29 is 14.3 Å². The highest BCUT2D eigenvalue weighted by atomic mass is 16.5. The number of ether oxygens (including phenoxy) is 2. The maximum Gasteiger partial charge on any atom is 0.255 e. The second-order valence-electron chi connectivity index (χ2n) is 7.86. The summed E-state index contributed by atoms with van der Waals surface area (Å²) in [5, 5.41) is 0. The molecule has 0 spiro atoms.